The summed E-state index contributed by atoms with van der Waals surface area (Å²) in [4.78, 5) is 37.9. The molecule has 25 heavy (non-hydrogen) atoms. The van der Waals surface area contributed by atoms with Crippen LogP contribution >= 0.6 is 0 Å². The summed E-state index contributed by atoms with van der Waals surface area (Å²) in [6.45, 7) is 3.23. The number of hydrogen-bond donors (Lipinski definition) is 1. The van der Waals surface area contributed by atoms with E-state index in [1.165, 1.54) is 12.1 Å². The van der Waals surface area contributed by atoms with E-state index in [1.54, 1.807) is 37.3 Å². The van der Waals surface area contributed by atoms with E-state index in [0.717, 1.165) is 16.0 Å². The molecule has 1 heterocycles. The summed E-state index contributed by atoms with van der Waals surface area (Å²) < 4.78 is 13.0. The number of benzene rings is 2. The Balaban J connectivity index is 1.68. The van der Waals surface area contributed by atoms with Crippen LogP contribution in [-0.4, -0.2) is 29.2 Å². The maximum absolute atomic E-state index is 13.0. The van der Waals surface area contributed by atoms with Crippen LogP contribution in [0, 0.1) is 12.7 Å². The lowest BCUT2D eigenvalue weighted by atomic mass is 10.1. The smallest absolute Gasteiger partial charge is 0.262 e. The Hall–Kier alpha value is -3.02. The van der Waals surface area contributed by atoms with Crippen LogP contribution in [0.2, 0.25) is 0 Å². The molecule has 0 radical (unpaired) electrons. The topological polar surface area (TPSA) is 66.5 Å². The zero-order chi connectivity index (χ0) is 18.1. The SMILES string of the molecule is Cc1ccc2c(c1)C(=O)N(CC(=O)NC(C)c1ccc(F)cc1)C2=O. The molecule has 1 atom stereocenters. The fourth-order valence-corrected chi connectivity index (χ4v) is 2.81. The Labute approximate surface area is 144 Å². The van der Waals surface area contributed by atoms with Gasteiger partial charge < -0.3 is 5.32 Å². The van der Waals surface area contributed by atoms with Gasteiger partial charge in [-0.2, -0.15) is 0 Å². The van der Waals surface area contributed by atoms with E-state index in [0.29, 0.717) is 11.1 Å². The molecule has 1 aliphatic rings. The highest BCUT2D eigenvalue weighted by molar-refractivity contribution is 6.22. The molecule has 128 valence electrons. The van der Waals surface area contributed by atoms with E-state index >= 15 is 0 Å². The highest BCUT2D eigenvalue weighted by atomic mass is 19.1. The quantitative estimate of drug-likeness (QED) is 0.870. The second-order valence-electron chi connectivity index (χ2n) is 6.09. The van der Waals surface area contributed by atoms with Gasteiger partial charge in [0.25, 0.3) is 11.8 Å². The van der Waals surface area contributed by atoms with Crippen LogP contribution in [0.25, 0.3) is 0 Å². The number of aryl methyl sites for hydroxylation is 1. The molecule has 0 fully saturated rings. The van der Waals surface area contributed by atoms with Gasteiger partial charge in [0.05, 0.1) is 17.2 Å². The molecule has 1 unspecified atom stereocenters. The first-order valence-electron chi connectivity index (χ1n) is 7.88. The molecule has 5 nitrogen and oxygen atoms in total. The Morgan fingerprint density at radius 3 is 2.40 bits per heavy atom. The standard InChI is InChI=1S/C19H17FN2O3/c1-11-3-8-15-16(9-11)19(25)22(18(15)24)10-17(23)21-12(2)13-4-6-14(20)7-5-13/h3-9,12H,10H2,1-2H3,(H,21,23). The van der Waals surface area contributed by atoms with Gasteiger partial charge in [-0.05, 0) is 43.7 Å². The Kier molecular flexibility index (Phi) is 4.35. The molecule has 2 aromatic carbocycles. The maximum Gasteiger partial charge on any atom is 0.262 e. The summed E-state index contributed by atoms with van der Waals surface area (Å²) >= 11 is 0. The lowest BCUT2D eigenvalue weighted by Crippen LogP contribution is -2.41. The van der Waals surface area contributed by atoms with E-state index in [9.17, 15) is 18.8 Å². The number of carbonyl (C=O) groups is 3. The normalized spacial score (nSPS) is 14.4. The van der Waals surface area contributed by atoms with Crippen molar-refractivity contribution in [2.24, 2.45) is 0 Å². The summed E-state index contributed by atoms with van der Waals surface area (Å²) in [6.07, 6.45) is 0. The van der Waals surface area contributed by atoms with Crippen molar-refractivity contribution >= 4 is 17.7 Å². The van der Waals surface area contributed by atoms with Gasteiger partial charge >= 0.3 is 0 Å². The van der Waals surface area contributed by atoms with Crippen LogP contribution < -0.4 is 5.32 Å². The number of amides is 3. The van der Waals surface area contributed by atoms with Crippen molar-refractivity contribution in [3.8, 4) is 0 Å². The third kappa shape index (κ3) is 3.28. The Morgan fingerprint density at radius 2 is 1.72 bits per heavy atom. The average molecular weight is 340 g/mol. The molecule has 0 bridgehead atoms. The number of fused-ring (bicyclic) bond motifs is 1. The van der Waals surface area contributed by atoms with Crippen LogP contribution in [0.3, 0.4) is 0 Å². The molecule has 0 spiro atoms. The van der Waals surface area contributed by atoms with Crippen molar-refractivity contribution in [2.75, 3.05) is 6.54 Å². The van der Waals surface area contributed by atoms with E-state index in [-0.39, 0.29) is 18.4 Å². The van der Waals surface area contributed by atoms with Gasteiger partial charge in [-0.1, -0.05) is 23.8 Å². The fraction of sp³-hybridized carbons (Fsp3) is 0.211. The first kappa shape index (κ1) is 16.8. The van der Waals surface area contributed by atoms with Crippen molar-refractivity contribution in [3.63, 3.8) is 0 Å². The molecule has 1 N–H and O–H groups in total. The molecule has 0 saturated carbocycles. The van der Waals surface area contributed by atoms with Gasteiger partial charge in [-0.25, -0.2) is 4.39 Å². The zero-order valence-corrected chi connectivity index (χ0v) is 13.9. The highest BCUT2D eigenvalue weighted by Gasteiger charge is 2.36. The van der Waals surface area contributed by atoms with Crippen molar-refractivity contribution in [1.29, 1.82) is 0 Å². The Bertz CT molecular complexity index is 861. The van der Waals surface area contributed by atoms with Crippen molar-refractivity contribution in [1.82, 2.24) is 10.2 Å². The predicted molar refractivity (Wildman–Crippen MR) is 89.5 cm³/mol. The average Bonchev–Trinajstić information content (AvgIpc) is 2.80. The zero-order valence-electron chi connectivity index (χ0n) is 13.9. The van der Waals surface area contributed by atoms with Crippen molar-refractivity contribution in [3.05, 3.63) is 70.5 Å². The van der Waals surface area contributed by atoms with Crippen LogP contribution in [0.15, 0.2) is 42.5 Å². The molecule has 6 heteroatoms. The first-order valence-corrected chi connectivity index (χ1v) is 7.88. The number of halogens is 1. The number of nitrogens with one attached hydrogen (secondary N) is 1. The molecule has 2 aromatic rings. The van der Waals surface area contributed by atoms with Crippen LogP contribution in [0.4, 0.5) is 4.39 Å². The van der Waals surface area contributed by atoms with Gasteiger partial charge in [-0.15, -0.1) is 0 Å². The van der Waals surface area contributed by atoms with Gasteiger partial charge in [0.2, 0.25) is 5.91 Å². The number of rotatable bonds is 4. The molecule has 0 saturated heterocycles. The molecule has 3 amide bonds. The van der Waals surface area contributed by atoms with Crippen LogP contribution in [0.5, 0.6) is 0 Å². The third-order valence-corrected chi connectivity index (χ3v) is 4.18. The number of nitrogens with zero attached hydrogens (tertiary/aromatic N) is 1. The summed E-state index contributed by atoms with van der Waals surface area (Å²) in [5.74, 6) is -1.75. The van der Waals surface area contributed by atoms with E-state index in [1.807, 2.05) is 6.92 Å². The van der Waals surface area contributed by atoms with Crippen LogP contribution in [0.1, 0.15) is 44.8 Å². The molecular weight excluding hydrogens is 323 g/mol. The minimum absolute atomic E-state index is 0.315. The lowest BCUT2D eigenvalue weighted by molar-refractivity contribution is -0.122. The summed E-state index contributed by atoms with van der Waals surface area (Å²) in [5, 5.41) is 2.71. The molecule has 0 aliphatic carbocycles. The van der Waals surface area contributed by atoms with E-state index in [4.69, 9.17) is 0 Å². The molecule has 3 rings (SSSR count). The van der Waals surface area contributed by atoms with E-state index in [2.05, 4.69) is 5.32 Å². The maximum atomic E-state index is 13.0. The minimum atomic E-state index is -0.468. The van der Waals surface area contributed by atoms with Gasteiger partial charge in [-0.3, -0.25) is 19.3 Å². The van der Waals surface area contributed by atoms with Gasteiger partial charge in [0.1, 0.15) is 12.4 Å². The molecule has 0 aromatic heterocycles. The fourth-order valence-electron chi connectivity index (χ4n) is 2.81. The monoisotopic (exact) mass is 340 g/mol. The van der Waals surface area contributed by atoms with Gasteiger partial charge in [0.15, 0.2) is 0 Å². The summed E-state index contributed by atoms with van der Waals surface area (Å²) in [6, 6.07) is 10.4. The second-order valence-corrected chi connectivity index (χ2v) is 6.09. The van der Waals surface area contributed by atoms with Crippen molar-refractivity contribution < 1.29 is 18.8 Å². The Morgan fingerprint density at radius 1 is 1.08 bits per heavy atom. The highest BCUT2D eigenvalue weighted by Crippen LogP contribution is 2.23. The molecular formula is C19H17FN2O3. The van der Waals surface area contributed by atoms with E-state index < -0.39 is 17.7 Å². The predicted octanol–water partition coefficient (Wildman–Crippen LogP) is 2.61. The summed E-state index contributed by atoms with van der Waals surface area (Å²) in [5.41, 5.74) is 2.24. The first-order chi connectivity index (χ1) is 11.9. The van der Waals surface area contributed by atoms with Crippen molar-refractivity contribution in [2.45, 2.75) is 19.9 Å². The number of hydrogen-bond acceptors (Lipinski definition) is 3. The third-order valence-electron chi connectivity index (χ3n) is 4.18. The molecule has 1 aliphatic heterocycles. The van der Waals surface area contributed by atoms with Crippen LogP contribution in [-0.2, 0) is 4.79 Å². The number of imide groups is 1. The largest absolute Gasteiger partial charge is 0.348 e. The summed E-state index contributed by atoms with van der Waals surface area (Å²) in [7, 11) is 0. The van der Waals surface area contributed by atoms with Gasteiger partial charge in [0, 0.05) is 0 Å². The minimum Gasteiger partial charge on any atom is -0.348 e. The lowest BCUT2D eigenvalue weighted by Gasteiger charge is -2.17. The second kappa shape index (κ2) is 6.47. The number of carbonyl (C=O) groups excluding carboxylic acids is 3.